The van der Waals surface area contributed by atoms with Gasteiger partial charge in [0.25, 0.3) is 0 Å². The van der Waals surface area contributed by atoms with Crippen LogP contribution >= 0.6 is 27.5 Å². The Hall–Kier alpha value is -0.610. The van der Waals surface area contributed by atoms with Crippen LogP contribution in [0.15, 0.2) is 16.9 Å². The summed E-state index contributed by atoms with van der Waals surface area (Å²) >= 11 is 9.02. The van der Waals surface area contributed by atoms with Crippen molar-refractivity contribution in [1.29, 1.82) is 0 Å². The van der Waals surface area contributed by atoms with Crippen LogP contribution in [0, 0.1) is 0 Å². The summed E-state index contributed by atoms with van der Waals surface area (Å²) in [4.78, 5) is 4.00. The standard InChI is InChI=1S/C6H3BrClN3/c7-5-1-3-4(2-9-5)10-11-6(3)8/h1-2H,(H,10,11). The van der Waals surface area contributed by atoms with Crippen molar-refractivity contribution in [1.82, 2.24) is 15.2 Å². The largest absolute Gasteiger partial charge is 0.266 e. The van der Waals surface area contributed by atoms with Gasteiger partial charge in [0.15, 0.2) is 0 Å². The highest BCUT2D eigenvalue weighted by atomic mass is 79.9. The molecule has 0 amide bonds. The van der Waals surface area contributed by atoms with E-state index in [1.165, 1.54) is 0 Å². The maximum absolute atomic E-state index is 5.78. The second-order valence-corrected chi connectivity index (χ2v) is 3.25. The van der Waals surface area contributed by atoms with Gasteiger partial charge in [0.05, 0.1) is 6.20 Å². The molecule has 0 aliphatic rings. The van der Waals surface area contributed by atoms with Gasteiger partial charge in [-0.1, -0.05) is 11.6 Å². The average Bonchev–Trinajstić information content (AvgIpc) is 2.33. The fourth-order valence-corrected chi connectivity index (χ4v) is 1.38. The van der Waals surface area contributed by atoms with Gasteiger partial charge in [-0.2, -0.15) is 5.10 Å². The second kappa shape index (κ2) is 2.46. The van der Waals surface area contributed by atoms with Crippen molar-refractivity contribution in [2.75, 3.05) is 0 Å². The molecule has 0 aliphatic carbocycles. The summed E-state index contributed by atoms with van der Waals surface area (Å²) in [5, 5.41) is 8.00. The summed E-state index contributed by atoms with van der Waals surface area (Å²) in [6.07, 6.45) is 1.65. The lowest BCUT2D eigenvalue weighted by Gasteiger charge is -1.87. The topological polar surface area (TPSA) is 41.6 Å². The van der Waals surface area contributed by atoms with Gasteiger partial charge in [0, 0.05) is 5.39 Å². The van der Waals surface area contributed by atoms with Crippen molar-refractivity contribution in [2.24, 2.45) is 0 Å². The van der Waals surface area contributed by atoms with Crippen LogP contribution in [0.5, 0.6) is 0 Å². The Morgan fingerprint density at radius 3 is 3.18 bits per heavy atom. The van der Waals surface area contributed by atoms with E-state index in [2.05, 4.69) is 31.1 Å². The van der Waals surface area contributed by atoms with E-state index < -0.39 is 0 Å². The highest BCUT2D eigenvalue weighted by Gasteiger charge is 2.02. The van der Waals surface area contributed by atoms with Crippen LogP contribution in [-0.2, 0) is 0 Å². The van der Waals surface area contributed by atoms with E-state index in [-0.39, 0.29) is 0 Å². The number of halogens is 2. The first-order valence-electron chi connectivity index (χ1n) is 2.92. The molecule has 0 atom stereocenters. The number of fused-ring (bicyclic) bond motifs is 1. The molecule has 0 aliphatic heterocycles. The zero-order valence-electron chi connectivity index (χ0n) is 5.31. The SMILES string of the molecule is Clc1[nH]nc2cnc(Br)cc12. The predicted octanol–water partition coefficient (Wildman–Crippen LogP) is 2.37. The predicted molar refractivity (Wildman–Crippen MR) is 46.6 cm³/mol. The van der Waals surface area contributed by atoms with Crippen molar-refractivity contribution in [3.63, 3.8) is 0 Å². The summed E-state index contributed by atoms with van der Waals surface area (Å²) < 4.78 is 0.758. The third-order valence-corrected chi connectivity index (χ3v) is 2.08. The molecule has 0 saturated carbocycles. The number of hydrogen-bond donors (Lipinski definition) is 1. The van der Waals surface area contributed by atoms with Crippen LogP contribution in [0.1, 0.15) is 0 Å². The Morgan fingerprint density at radius 1 is 1.55 bits per heavy atom. The number of pyridine rings is 1. The molecule has 0 saturated heterocycles. The number of nitrogens with zero attached hydrogens (tertiary/aromatic N) is 2. The molecule has 0 radical (unpaired) electrons. The van der Waals surface area contributed by atoms with Crippen molar-refractivity contribution in [3.8, 4) is 0 Å². The Bertz CT molecular complexity index is 398. The summed E-state index contributed by atoms with van der Waals surface area (Å²) in [6, 6.07) is 1.82. The van der Waals surface area contributed by atoms with Crippen LogP contribution in [0.2, 0.25) is 5.15 Å². The smallest absolute Gasteiger partial charge is 0.132 e. The Labute approximate surface area is 75.9 Å². The van der Waals surface area contributed by atoms with E-state index in [9.17, 15) is 0 Å². The van der Waals surface area contributed by atoms with E-state index >= 15 is 0 Å². The highest BCUT2D eigenvalue weighted by molar-refractivity contribution is 9.10. The molecule has 1 N–H and O–H groups in total. The molecule has 11 heavy (non-hydrogen) atoms. The molecule has 2 rings (SSSR count). The van der Waals surface area contributed by atoms with Gasteiger partial charge in [-0.15, -0.1) is 0 Å². The van der Waals surface area contributed by atoms with Gasteiger partial charge in [0.1, 0.15) is 15.3 Å². The van der Waals surface area contributed by atoms with Crippen LogP contribution < -0.4 is 0 Å². The highest BCUT2D eigenvalue weighted by Crippen LogP contribution is 2.21. The Balaban J connectivity index is 2.87. The number of H-pyrrole nitrogens is 1. The summed E-state index contributed by atoms with van der Waals surface area (Å²) in [5.41, 5.74) is 0.776. The van der Waals surface area contributed by atoms with Gasteiger partial charge in [0.2, 0.25) is 0 Å². The molecule has 2 aromatic rings. The van der Waals surface area contributed by atoms with Crippen molar-refractivity contribution in [3.05, 3.63) is 22.0 Å². The first-order chi connectivity index (χ1) is 5.27. The van der Waals surface area contributed by atoms with E-state index in [4.69, 9.17) is 11.6 Å². The van der Waals surface area contributed by atoms with Gasteiger partial charge < -0.3 is 0 Å². The molecule has 2 heterocycles. The Morgan fingerprint density at radius 2 is 2.36 bits per heavy atom. The third-order valence-electron chi connectivity index (χ3n) is 1.36. The fraction of sp³-hybridized carbons (Fsp3) is 0. The Kier molecular flexibility index (Phi) is 1.58. The molecule has 0 bridgehead atoms. The molecule has 2 aromatic heterocycles. The van der Waals surface area contributed by atoms with E-state index in [0.29, 0.717) is 5.15 Å². The minimum absolute atomic E-state index is 0.545. The molecule has 0 fully saturated rings. The summed E-state index contributed by atoms with van der Waals surface area (Å²) in [5.74, 6) is 0. The van der Waals surface area contributed by atoms with E-state index in [1.54, 1.807) is 6.20 Å². The molecular weight excluding hydrogens is 229 g/mol. The van der Waals surface area contributed by atoms with Crippen LogP contribution in [0.4, 0.5) is 0 Å². The molecule has 56 valence electrons. The normalized spacial score (nSPS) is 10.7. The third kappa shape index (κ3) is 1.12. The van der Waals surface area contributed by atoms with Gasteiger partial charge in [-0.3, -0.25) is 5.10 Å². The fourth-order valence-electron chi connectivity index (χ4n) is 0.857. The van der Waals surface area contributed by atoms with Crippen LogP contribution in [-0.4, -0.2) is 15.2 Å². The minimum atomic E-state index is 0.545. The first kappa shape index (κ1) is 7.06. The lowest BCUT2D eigenvalue weighted by molar-refractivity contribution is 1.11. The maximum atomic E-state index is 5.78. The lowest BCUT2D eigenvalue weighted by Crippen LogP contribution is -1.73. The van der Waals surface area contributed by atoms with Gasteiger partial charge in [-0.25, -0.2) is 4.98 Å². The summed E-state index contributed by atoms with van der Waals surface area (Å²) in [7, 11) is 0. The number of aromatic nitrogens is 3. The van der Waals surface area contributed by atoms with Crippen molar-refractivity contribution >= 4 is 38.4 Å². The maximum Gasteiger partial charge on any atom is 0.132 e. The number of nitrogens with one attached hydrogen (secondary N) is 1. The molecule has 0 aromatic carbocycles. The number of rotatable bonds is 0. The first-order valence-corrected chi connectivity index (χ1v) is 4.09. The van der Waals surface area contributed by atoms with Gasteiger partial charge >= 0.3 is 0 Å². The summed E-state index contributed by atoms with van der Waals surface area (Å²) in [6.45, 7) is 0. The molecule has 0 unspecified atom stereocenters. The number of hydrogen-bond acceptors (Lipinski definition) is 2. The minimum Gasteiger partial charge on any atom is -0.266 e. The molecular formula is C6H3BrClN3. The molecule has 3 nitrogen and oxygen atoms in total. The van der Waals surface area contributed by atoms with Crippen molar-refractivity contribution in [2.45, 2.75) is 0 Å². The zero-order valence-corrected chi connectivity index (χ0v) is 7.65. The number of aromatic amines is 1. The van der Waals surface area contributed by atoms with Crippen LogP contribution in [0.3, 0.4) is 0 Å². The average molecular weight is 232 g/mol. The second-order valence-electron chi connectivity index (χ2n) is 2.06. The molecule has 0 spiro atoms. The van der Waals surface area contributed by atoms with Crippen LogP contribution in [0.25, 0.3) is 10.9 Å². The monoisotopic (exact) mass is 231 g/mol. The quantitative estimate of drug-likeness (QED) is 0.709. The zero-order chi connectivity index (χ0) is 7.84. The van der Waals surface area contributed by atoms with Gasteiger partial charge in [-0.05, 0) is 22.0 Å². The lowest BCUT2D eigenvalue weighted by atomic mass is 10.3. The van der Waals surface area contributed by atoms with Crippen molar-refractivity contribution < 1.29 is 0 Å². The molecule has 5 heteroatoms. The van der Waals surface area contributed by atoms with E-state index in [0.717, 1.165) is 15.5 Å². The van der Waals surface area contributed by atoms with E-state index in [1.807, 2.05) is 6.07 Å².